The lowest BCUT2D eigenvalue weighted by atomic mass is 10.1. The molecule has 0 unspecified atom stereocenters. The summed E-state index contributed by atoms with van der Waals surface area (Å²) in [6, 6.07) is 8.44. The van der Waals surface area contributed by atoms with Crippen LogP contribution in [0.25, 0.3) is 10.2 Å². The zero-order valence-corrected chi connectivity index (χ0v) is 20.1. The third-order valence-corrected chi connectivity index (χ3v) is 8.39. The molecular weight excluding hydrogens is 442 g/mol. The molecule has 1 atom stereocenters. The molecule has 2 aliphatic rings. The molecule has 4 heterocycles. The van der Waals surface area contributed by atoms with Crippen molar-refractivity contribution in [2.75, 3.05) is 13.2 Å². The molecule has 0 spiro atoms. The Balaban J connectivity index is 1.54. The first-order chi connectivity index (χ1) is 15.5. The molecule has 0 aliphatic carbocycles. The Hall–Kier alpha value is -2.16. The molecule has 32 heavy (non-hydrogen) atoms. The lowest BCUT2D eigenvalue weighted by Crippen LogP contribution is -2.34. The van der Waals surface area contributed by atoms with Gasteiger partial charge >= 0.3 is 0 Å². The molecule has 0 N–H and O–H groups in total. The maximum atomic E-state index is 13.7. The standard InChI is InChI=1S/C24H27N3O3S2/c1-15-5-3-6-17(11-15)14-31-24-25-22-21(23(29)27(24)12-18-7-4-10-30-18)19-8-9-26(16(2)28)13-20(19)32-22/h3,5-6,11,18H,4,7-10,12-14H2,1-2H3/t18-/m1/s1. The van der Waals surface area contributed by atoms with Crippen LogP contribution >= 0.6 is 23.1 Å². The van der Waals surface area contributed by atoms with Gasteiger partial charge in [-0.25, -0.2) is 4.98 Å². The number of fused-ring (bicyclic) bond motifs is 3. The van der Waals surface area contributed by atoms with E-state index in [4.69, 9.17) is 9.72 Å². The summed E-state index contributed by atoms with van der Waals surface area (Å²) in [7, 11) is 0. The summed E-state index contributed by atoms with van der Waals surface area (Å²) in [4.78, 5) is 34.3. The number of thioether (sulfide) groups is 1. The van der Waals surface area contributed by atoms with E-state index in [0.29, 0.717) is 26.1 Å². The minimum Gasteiger partial charge on any atom is -0.376 e. The van der Waals surface area contributed by atoms with Crippen LogP contribution in [0.5, 0.6) is 0 Å². The van der Waals surface area contributed by atoms with E-state index in [1.807, 2.05) is 9.47 Å². The molecule has 6 nitrogen and oxygen atoms in total. The minimum absolute atomic E-state index is 0.0333. The number of thiophene rings is 1. The SMILES string of the molecule is CC(=O)N1CCc2c(sc3nc(SCc4cccc(C)c4)n(C[C@H]4CCCO4)c(=O)c23)C1. The third-order valence-electron chi connectivity index (χ3n) is 6.23. The molecule has 168 valence electrons. The second-order valence-electron chi connectivity index (χ2n) is 8.60. The van der Waals surface area contributed by atoms with E-state index >= 15 is 0 Å². The van der Waals surface area contributed by atoms with E-state index in [-0.39, 0.29) is 17.6 Å². The van der Waals surface area contributed by atoms with Crippen LogP contribution in [0.4, 0.5) is 0 Å². The largest absolute Gasteiger partial charge is 0.376 e. The summed E-state index contributed by atoms with van der Waals surface area (Å²) in [5.74, 6) is 0.834. The van der Waals surface area contributed by atoms with Crippen LogP contribution < -0.4 is 5.56 Å². The highest BCUT2D eigenvalue weighted by Gasteiger charge is 2.27. The molecule has 1 fully saturated rings. The molecule has 0 bridgehead atoms. The number of ether oxygens (including phenoxy) is 1. The Morgan fingerprint density at radius 3 is 3.00 bits per heavy atom. The number of aryl methyl sites for hydroxylation is 1. The van der Waals surface area contributed by atoms with Crippen LogP contribution in [-0.2, 0) is 34.8 Å². The smallest absolute Gasteiger partial charge is 0.263 e. The molecule has 3 aromatic rings. The fourth-order valence-electron chi connectivity index (χ4n) is 4.54. The summed E-state index contributed by atoms with van der Waals surface area (Å²) in [6.07, 6.45) is 2.78. The van der Waals surface area contributed by atoms with Crippen molar-refractivity contribution in [3.05, 3.63) is 56.2 Å². The van der Waals surface area contributed by atoms with Gasteiger partial charge < -0.3 is 9.64 Å². The van der Waals surface area contributed by atoms with Crippen molar-refractivity contribution in [2.24, 2.45) is 0 Å². The van der Waals surface area contributed by atoms with E-state index in [1.54, 1.807) is 30.0 Å². The molecule has 1 amide bonds. The monoisotopic (exact) mass is 469 g/mol. The van der Waals surface area contributed by atoms with Gasteiger partial charge in [0.15, 0.2) is 5.16 Å². The number of carbonyl (C=O) groups excluding carboxylic acids is 1. The van der Waals surface area contributed by atoms with Crippen molar-refractivity contribution >= 4 is 39.2 Å². The third kappa shape index (κ3) is 4.23. The molecule has 1 aromatic carbocycles. The van der Waals surface area contributed by atoms with Crippen molar-refractivity contribution < 1.29 is 9.53 Å². The Morgan fingerprint density at radius 1 is 1.38 bits per heavy atom. The minimum atomic E-state index is 0.0333. The highest BCUT2D eigenvalue weighted by atomic mass is 32.2. The van der Waals surface area contributed by atoms with Crippen molar-refractivity contribution in [3.63, 3.8) is 0 Å². The van der Waals surface area contributed by atoms with E-state index < -0.39 is 0 Å². The molecule has 8 heteroatoms. The van der Waals surface area contributed by atoms with Crippen LogP contribution in [0, 0.1) is 6.92 Å². The quantitative estimate of drug-likeness (QED) is 0.415. The van der Waals surface area contributed by atoms with E-state index in [0.717, 1.165) is 51.0 Å². The van der Waals surface area contributed by atoms with Gasteiger partial charge in [0, 0.05) is 30.7 Å². The van der Waals surface area contributed by atoms with E-state index in [2.05, 4.69) is 31.2 Å². The van der Waals surface area contributed by atoms with Crippen molar-refractivity contribution in [1.29, 1.82) is 0 Å². The lowest BCUT2D eigenvalue weighted by molar-refractivity contribution is -0.129. The van der Waals surface area contributed by atoms with Crippen LogP contribution in [0.15, 0.2) is 34.2 Å². The van der Waals surface area contributed by atoms with Crippen molar-refractivity contribution in [2.45, 2.75) is 63.2 Å². The Kier molecular flexibility index (Phi) is 6.09. The Labute approximate surface area is 195 Å². The average molecular weight is 470 g/mol. The van der Waals surface area contributed by atoms with E-state index in [1.165, 1.54) is 11.1 Å². The van der Waals surface area contributed by atoms with Gasteiger partial charge in [-0.1, -0.05) is 41.6 Å². The number of hydrogen-bond acceptors (Lipinski definition) is 6. The van der Waals surface area contributed by atoms with Crippen molar-refractivity contribution in [1.82, 2.24) is 14.5 Å². The average Bonchev–Trinajstić information content (AvgIpc) is 3.41. The molecule has 2 aromatic heterocycles. The van der Waals surface area contributed by atoms with Crippen molar-refractivity contribution in [3.8, 4) is 0 Å². The van der Waals surface area contributed by atoms with Gasteiger partial charge in [0.25, 0.3) is 5.56 Å². The van der Waals surface area contributed by atoms with Gasteiger partial charge in [-0.05, 0) is 37.3 Å². The van der Waals surface area contributed by atoms with Gasteiger partial charge in [0.05, 0.1) is 24.6 Å². The van der Waals surface area contributed by atoms with Crippen LogP contribution in [-0.4, -0.2) is 39.6 Å². The zero-order valence-electron chi connectivity index (χ0n) is 18.4. The predicted octanol–water partition coefficient (Wildman–Crippen LogP) is 4.14. The highest BCUT2D eigenvalue weighted by Crippen LogP contribution is 2.34. The molecule has 0 radical (unpaired) electrons. The molecule has 0 saturated carbocycles. The number of hydrogen-bond donors (Lipinski definition) is 0. The second-order valence-corrected chi connectivity index (χ2v) is 10.6. The topological polar surface area (TPSA) is 64.4 Å². The maximum Gasteiger partial charge on any atom is 0.263 e. The molecule has 1 saturated heterocycles. The number of rotatable bonds is 5. The van der Waals surface area contributed by atoms with Crippen LogP contribution in [0.3, 0.4) is 0 Å². The lowest BCUT2D eigenvalue weighted by Gasteiger charge is -2.25. The second kappa shape index (κ2) is 9.00. The number of nitrogens with zero attached hydrogens (tertiary/aromatic N) is 3. The number of benzene rings is 1. The van der Waals surface area contributed by atoms with Gasteiger partial charge in [0.2, 0.25) is 5.91 Å². The first kappa shape index (κ1) is 21.7. The Morgan fingerprint density at radius 2 is 2.25 bits per heavy atom. The van der Waals surface area contributed by atoms with Crippen LogP contribution in [0.2, 0.25) is 0 Å². The normalized spacial score (nSPS) is 18.3. The fraction of sp³-hybridized carbons (Fsp3) is 0.458. The zero-order chi connectivity index (χ0) is 22.2. The first-order valence-corrected chi connectivity index (χ1v) is 12.9. The number of aromatic nitrogens is 2. The molecular formula is C24H27N3O3S2. The van der Waals surface area contributed by atoms with Gasteiger partial charge in [-0.3, -0.25) is 14.2 Å². The molecule has 5 rings (SSSR count). The van der Waals surface area contributed by atoms with Gasteiger partial charge in [-0.2, -0.15) is 0 Å². The predicted molar refractivity (Wildman–Crippen MR) is 128 cm³/mol. The number of amides is 1. The van der Waals surface area contributed by atoms with Gasteiger partial charge in [-0.15, -0.1) is 11.3 Å². The molecule has 2 aliphatic heterocycles. The Bertz CT molecular complexity index is 1230. The van der Waals surface area contributed by atoms with Crippen LogP contribution in [0.1, 0.15) is 41.3 Å². The maximum absolute atomic E-state index is 13.7. The number of carbonyl (C=O) groups is 1. The highest BCUT2D eigenvalue weighted by molar-refractivity contribution is 7.98. The first-order valence-electron chi connectivity index (χ1n) is 11.1. The van der Waals surface area contributed by atoms with E-state index in [9.17, 15) is 9.59 Å². The summed E-state index contributed by atoms with van der Waals surface area (Å²) in [5.41, 5.74) is 3.56. The summed E-state index contributed by atoms with van der Waals surface area (Å²) in [6.45, 7) is 6.22. The fourth-order valence-corrected chi connectivity index (χ4v) is 6.77. The summed E-state index contributed by atoms with van der Waals surface area (Å²) < 4.78 is 7.69. The van der Waals surface area contributed by atoms with Gasteiger partial charge in [0.1, 0.15) is 4.83 Å². The summed E-state index contributed by atoms with van der Waals surface area (Å²) >= 11 is 3.17. The summed E-state index contributed by atoms with van der Waals surface area (Å²) in [5, 5.41) is 1.49.